The van der Waals surface area contributed by atoms with Gasteiger partial charge in [0.05, 0.1) is 38.2 Å². The molecule has 0 spiro atoms. The molecule has 10 heteroatoms. The van der Waals surface area contributed by atoms with Gasteiger partial charge >= 0.3 is 12.1 Å². The molecule has 5 nitrogen and oxygen atoms in total. The third-order valence-corrected chi connectivity index (χ3v) is 4.01. The first-order chi connectivity index (χ1) is 11.4. The van der Waals surface area contributed by atoms with E-state index in [1.165, 1.54) is 12.1 Å². The van der Waals surface area contributed by atoms with Crippen molar-refractivity contribution in [2.45, 2.75) is 6.18 Å². The first kappa shape index (κ1) is 18.9. The van der Waals surface area contributed by atoms with Crippen molar-refractivity contribution in [1.29, 1.82) is 10.8 Å². The third-order valence-electron chi connectivity index (χ3n) is 3.27. The fourth-order valence-corrected chi connectivity index (χ4v) is 2.39. The molecule has 1 aromatic rings. The maximum Gasteiger partial charge on any atom is 0.418 e. The van der Waals surface area contributed by atoms with Crippen molar-refractivity contribution in [1.82, 2.24) is 0 Å². The predicted molar refractivity (Wildman–Crippen MR) is 85.0 cm³/mol. The van der Waals surface area contributed by atoms with Crippen LogP contribution in [0.15, 0.2) is 41.0 Å². The van der Waals surface area contributed by atoms with Crippen molar-refractivity contribution < 1.29 is 27.9 Å². The zero-order valence-electron chi connectivity index (χ0n) is 12.0. The zero-order chi connectivity index (χ0) is 19.1. The monoisotopic (exact) mass is 390 g/mol. The van der Waals surface area contributed by atoms with E-state index >= 15 is 0 Å². The summed E-state index contributed by atoms with van der Waals surface area (Å²) in [6, 6.07) is 3.52. The number of carbonyl (C=O) groups is 2. The summed E-state index contributed by atoms with van der Waals surface area (Å²) in [6.07, 6.45) is -4.87. The van der Waals surface area contributed by atoms with E-state index in [2.05, 4.69) is 0 Å². The number of carboxylic acids is 1. The maximum atomic E-state index is 12.9. The molecule has 2 rings (SSSR count). The van der Waals surface area contributed by atoms with E-state index in [9.17, 15) is 22.8 Å². The third kappa shape index (κ3) is 3.49. The number of Topliss-reactive ketones (excluding diaryl/α,β-unsaturated/α-hetero) is 1. The van der Waals surface area contributed by atoms with Crippen molar-refractivity contribution in [3.8, 4) is 0 Å². The summed E-state index contributed by atoms with van der Waals surface area (Å²) in [4.78, 5) is 23.8. The summed E-state index contributed by atoms with van der Waals surface area (Å²) in [7, 11) is 0. The van der Waals surface area contributed by atoms with Crippen LogP contribution in [0.2, 0.25) is 10.0 Å². The second-order valence-corrected chi connectivity index (χ2v) is 5.67. The Balaban J connectivity index is 2.70. The number of carbonyl (C=O) groups excluding carboxylic acids is 1. The molecule has 25 heavy (non-hydrogen) atoms. The van der Waals surface area contributed by atoms with Crippen LogP contribution in [0, 0.1) is 10.8 Å². The van der Waals surface area contributed by atoms with Crippen LogP contribution in [0.25, 0.3) is 0 Å². The van der Waals surface area contributed by atoms with E-state index < -0.39 is 46.1 Å². The second kappa shape index (κ2) is 6.45. The van der Waals surface area contributed by atoms with Crippen molar-refractivity contribution in [2.24, 2.45) is 0 Å². The molecular weight excluding hydrogens is 384 g/mol. The van der Waals surface area contributed by atoms with Crippen LogP contribution in [0.1, 0.15) is 10.4 Å². The van der Waals surface area contributed by atoms with Gasteiger partial charge in [-0.05, 0) is 24.3 Å². The molecule has 0 radical (unpaired) electrons. The smallest absolute Gasteiger partial charge is 0.418 e. The highest BCUT2D eigenvalue weighted by Crippen LogP contribution is 2.34. The fraction of sp³-hybridized carbons (Fsp3) is 0.0667. The van der Waals surface area contributed by atoms with Crippen LogP contribution in [0.3, 0.4) is 0 Å². The summed E-state index contributed by atoms with van der Waals surface area (Å²) in [5, 5.41) is 24.4. The average molecular weight is 391 g/mol. The zero-order valence-corrected chi connectivity index (χ0v) is 13.5. The Morgan fingerprint density at radius 2 is 1.64 bits per heavy atom. The molecule has 0 aliphatic heterocycles. The Morgan fingerprint density at radius 3 is 2.12 bits per heavy atom. The normalized spacial score (nSPS) is 15.3. The quantitative estimate of drug-likeness (QED) is 0.534. The molecular formula is C15H7Cl2F3N2O3. The molecule has 0 heterocycles. The molecule has 1 aromatic carbocycles. The molecule has 0 saturated carbocycles. The van der Waals surface area contributed by atoms with Gasteiger partial charge in [0, 0.05) is 5.56 Å². The lowest BCUT2D eigenvalue weighted by Gasteiger charge is -2.21. The Hall–Kier alpha value is -2.45. The van der Waals surface area contributed by atoms with Gasteiger partial charge in [0.2, 0.25) is 0 Å². The number of carboxylic acid groups (broad SMARTS) is 1. The maximum absolute atomic E-state index is 12.9. The number of ketones is 1. The van der Waals surface area contributed by atoms with Crippen molar-refractivity contribution in [3.63, 3.8) is 0 Å². The highest BCUT2D eigenvalue weighted by Gasteiger charge is 2.43. The largest absolute Gasteiger partial charge is 0.478 e. The van der Waals surface area contributed by atoms with Gasteiger partial charge in [0.25, 0.3) is 0 Å². The Bertz CT molecular complexity index is 902. The van der Waals surface area contributed by atoms with Crippen molar-refractivity contribution >= 4 is 46.4 Å². The Labute approximate surface area is 148 Å². The highest BCUT2D eigenvalue weighted by atomic mass is 35.5. The molecule has 0 aromatic heterocycles. The van der Waals surface area contributed by atoms with E-state index in [0.29, 0.717) is 0 Å². The van der Waals surface area contributed by atoms with Crippen molar-refractivity contribution in [3.05, 3.63) is 56.6 Å². The van der Waals surface area contributed by atoms with Gasteiger partial charge in [-0.25, -0.2) is 4.79 Å². The van der Waals surface area contributed by atoms with E-state index in [-0.39, 0.29) is 21.7 Å². The molecule has 0 unspecified atom stereocenters. The number of nitrogens with one attached hydrogen (secondary N) is 2. The first-order valence-electron chi connectivity index (χ1n) is 6.39. The van der Waals surface area contributed by atoms with Gasteiger partial charge in [0.1, 0.15) is 0 Å². The minimum Gasteiger partial charge on any atom is -0.478 e. The fourth-order valence-electron chi connectivity index (χ4n) is 2.09. The number of allylic oxidation sites excluding steroid dienone is 2. The van der Waals surface area contributed by atoms with Gasteiger partial charge < -0.3 is 5.11 Å². The topological polar surface area (TPSA) is 102 Å². The van der Waals surface area contributed by atoms with Crippen LogP contribution in [0.5, 0.6) is 0 Å². The van der Waals surface area contributed by atoms with Gasteiger partial charge in [-0.3, -0.25) is 15.6 Å². The predicted octanol–water partition coefficient (Wildman–Crippen LogP) is 4.10. The minimum absolute atomic E-state index is 0.0334. The molecule has 130 valence electrons. The molecule has 0 amide bonds. The first-order valence-corrected chi connectivity index (χ1v) is 7.15. The highest BCUT2D eigenvalue weighted by molar-refractivity contribution is 6.59. The Kier molecular flexibility index (Phi) is 4.87. The number of rotatable bonds is 3. The van der Waals surface area contributed by atoms with E-state index in [1.54, 1.807) is 0 Å². The summed E-state index contributed by atoms with van der Waals surface area (Å²) < 4.78 is 38.7. The molecule has 0 fully saturated rings. The average Bonchev–Trinajstić information content (AvgIpc) is 2.50. The Morgan fingerprint density at radius 1 is 1.04 bits per heavy atom. The van der Waals surface area contributed by atoms with Crippen LogP contribution < -0.4 is 0 Å². The standard InChI is InChI=1S/C15H7Cl2F3N2O3/c16-8-2-1-5(3-9(8)17)13(23)10-6(14(24)25)4-7(15(18,19)20)11(21)12(10)22/h1-4,21-22H,(H,24,25). The lowest BCUT2D eigenvalue weighted by molar-refractivity contribution is -0.132. The van der Waals surface area contributed by atoms with E-state index in [0.717, 1.165) is 6.07 Å². The van der Waals surface area contributed by atoms with E-state index in [4.69, 9.17) is 39.1 Å². The van der Waals surface area contributed by atoms with Crippen LogP contribution in [-0.4, -0.2) is 34.5 Å². The lowest BCUT2D eigenvalue weighted by Crippen LogP contribution is -2.34. The SMILES string of the molecule is N=C1C(=N)C(C(=O)c2ccc(Cl)c(Cl)c2)=C(C(=O)O)C=C1C(F)(F)F. The summed E-state index contributed by atoms with van der Waals surface area (Å²) in [5.41, 5.74) is -6.07. The summed E-state index contributed by atoms with van der Waals surface area (Å²) in [6.45, 7) is 0. The van der Waals surface area contributed by atoms with Crippen molar-refractivity contribution in [2.75, 3.05) is 0 Å². The van der Waals surface area contributed by atoms with Gasteiger partial charge in [-0.1, -0.05) is 23.2 Å². The number of alkyl halides is 3. The summed E-state index contributed by atoms with van der Waals surface area (Å²) in [5.74, 6) is -2.88. The molecule has 1 aliphatic rings. The van der Waals surface area contributed by atoms with Crippen LogP contribution in [-0.2, 0) is 4.79 Å². The molecule has 0 atom stereocenters. The number of hydrogen-bond donors (Lipinski definition) is 3. The molecule has 1 aliphatic carbocycles. The van der Waals surface area contributed by atoms with Crippen LogP contribution >= 0.6 is 23.2 Å². The number of aliphatic carboxylic acids is 1. The second-order valence-electron chi connectivity index (χ2n) is 4.86. The van der Waals surface area contributed by atoms with Gasteiger partial charge in [-0.15, -0.1) is 0 Å². The number of benzene rings is 1. The molecule has 0 saturated heterocycles. The summed E-state index contributed by atoms with van der Waals surface area (Å²) >= 11 is 11.5. The van der Waals surface area contributed by atoms with E-state index in [1.807, 2.05) is 0 Å². The van der Waals surface area contributed by atoms with Crippen LogP contribution in [0.4, 0.5) is 13.2 Å². The molecule has 3 N–H and O–H groups in total. The number of hydrogen-bond acceptors (Lipinski definition) is 4. The number of halogens is 5. The molecule has 0 bridgehead atoms. The van der Waals surface area contributed by atoms with Gasteiger partial charge in [0.15, 0.2) is 5.78 Å². The van der Waals surface area contributed by atoms with Gasteiger partial charge in [-0.2, -0.15) is 13.2 Å². The minimum atomic E-state index is -5.04. The lowest BCUT2D eigenvalue weighted by atomic mass is 9.84.